The highest BCUT2D eigenvalue weighted by atomic mass is 35.5. The van der Waals surface area contributed by atoms with E-state index in [1.807, 2.05) is 29.2 Å². The number of amides is 2. The summed E-state index contributed by atoms with van der Waals surface area (Å²) in [4.78, 5) is 27.0. The Hall–Kier alpha value is -1.55. The molecule has 0 aromatic heterocycles. The van der Waals surface area contributed by atoms with Gasteiger partial charge in [0.25, 0.3) is 0 Å². The van der Waals surface area contributed by atoms with E-state index >= 15 is 0 Å². The third-order valence-electron chi connectivity index (χ3n) is 5.44. The highest BCUT2D eigenvalue weighted by molar-refractivity contribution is 6.31. The van der Waals surface area contributed by atoms with Gasteiger partial charge in [-0.3, -0.25) is 9.59 Å². The Kier molecular flexibility index (Phi) is 4.25. The van der Waals surface area contributed by atoms with Crippen LogP contribution in [-0.2, 0) is 9.59 Å². The fourth-order valence-electron chi connectivity index (χ4n) is 3.76. The zero-order valence-corrected chi connectivity index (χ0v) is 14.5. The van der Waals surface area contributed by atoms with Crippen LogP contribution in [0.25, 0.3) is 0 Å². The molecule has 4 rings (SSSR count). The van der Waals surface area contributed by atoms with E-state index in [-0.39, 0.29) is 29.6 Å². The van der Waals surface area contributed by atoms with Gasteiger partial charge in [-0.1, -0.05) is 29.8 Å². The summed E-state index contributed by atoms with van der Waals surface area (Å²) < 4.78 is 0. The van der Waals surface area contributed by atoms with Gasteiger partial charge in [0, 0.05) is 30.1 Å². The molecular formula is C19H23ClN2O2. The van der Waals surface area contributed by atoms with Gasteiger partial charge < -0.3 is 10.2 Å². The first-order chi connectivity index (χ1) is 11.6. The molecule has 4 nitrogen and oxygen atoms in total. The van der Waals surface area contributed by atoms with Crippen LogP contribution in [0.2, 0.25) is 5.02 Å². The van der Waals surface area contributed by atoms with Gasteiger partial charge >= 0.3 is 0 Å². The van der Waals surface area contributed by atoms with E-state index in [1.165, 1.54) is 0 Å². The number of halogens is 1. The lowest BCUT2D eigenvalue weighted by Gasteiger charge is -2.32. The molecule has 1 saturated heterocycles. The Morgan fingerprint density at radius 3 is 2.71 bits per heavy atom. The molecule has 3 atom stereocenters. The van der Waals surface area contributed by atoms with Crippen molar-refractivity contribution in [1.29, 1.82) is 0 Å². The van der Waals surface area contributed by atoms with Gasteiger partial charge in [-0.05, 0) is 49.7 Å². The zero-order valence-electron chi connectivity index (χ0n) is 13.7. The highest BCUT2D eigenvalue weighted by Gasteiger charge is 2.47. The van der Waals surface area contributed by atoms with Gasteiger partial charge in [0.2, 0.25) is 11.8 Å². The summed E-state index contributed by atoms with van der Waals surface area (Å²) in [5.74, 6) is 0.570. The van der Waals surface area contributed by atoms with Crippen molar-refractivity contribution in [3.05, 3.63) is 34.9 Å². The van der Waals surface area contributed by atoms with Crippen LogP contribution in [0.4, 0.5) is 0 Å². The molecule has 0 radical (unpaired) electrons. The number of piperidine rings is 1. The summed E-state index contributed by atoms with van der Waals surface area (Å²) in [6, 6.07) is 8.17. The standard InChI is InChI=1S/C19H23ClN2O2/c20-17-6-2-1-5-14(17)15-10-16(15)19(24)22-9-3-4-12(11-22)18(23)21-13-7-8-13/h1-2,5-6,12-13,15-16H,3-4,7-11H2,(H,21,23)/t12-,15-,16-/m1/s1. The molecule has 1 N–H and O–H groups in total. The van der Waals surface area contributed by atoms with Gasteiger partial charge in [0.1, 0.15) is 0 Å². The van der Waals surface area contributed by atoms with Crippen LogP contribution in [0.3, 0.4) is 0 Å². The number of carbonyl (C=O) groups is 2. The van der Waals surface area contributed by atoms with E-state index in [1.54, 1.807) is 0 Å². The van der Waals surface area contributed by atoms with E-state index in [0.29, 0.717) is 12.6 Å². The van der Waals surface area contributed by atoms with Crippen LogP contribution in [0, 0.1) is 11.8 Å². The van der Waals surface area contributed by atoms with E-state index in [2.05, 4.69) is 5.32 Å². The summed E-state index contributed by atoms with van der Waals surface area (Å²) in [6.45, 7) is 1.35. The monoisotopic (exact) mass is 346 g/mol. The van der Waals surface area contributed by atoms with Crippen molar-refractivity contribution in [2.24, 2.45) is 11.8 Å². The van der Waals surface area contributed by atoms with Gasteiger partial charge in [-0.15, -0.1) is 0 Å². The number of hydrogen-bond donors (Lipinski definition) is 1. The van der Waals surface area contributed by atoms with E-state index in [0.717, 1.165) is 49.2 Å². The molecule has 2 aliphatic carbocycles. The summed E-state index contributed by atoms with van der Waals surface area (Å²) in [5.41, 5.74) is 1.08. The van der Waals surface area contributed by atoms with E-state index in [9.17, 15) is 9.59 Å². The first-order valence-corrected chi connectivity index (χ1v) is 9.35. The third kappa shape index (κ3) is 3.30. The predicted octanol–water partition coefficient (Wildman–Crippen LogP) is 2.96. The molecule has 1 aromatic carbocycles. The summed E-state index contributed by atoms with van der Waals surface area (Å²) in [7, 11) is 0. The first-order valence-electron chi connectivity index (χ1n) is 8.97. The fraction of sp³-hybridized carbons (Fsp3) is 0.579. The number of likely N-dealkylation sites (tertiary alicyclic amines) is 1. The molecule has 24 heavy (non-hydrogen) atoms. The molecule has 1 aromatic rings. The van der Waals surface area contributed by atoms with Crippen molar-refractivity contribution in [2.45, 2.75) is 44.1 Å². The maximum absolute atomic E-state index is 12.8. The molecule has 1 heterocycles. The Morgan fingerprint density at radius 1 is 1.17 bits per heavy atom. The molecule has 3 aliphatic rings. The van der Waals surface area contributed by atoms with Crippen molar-refractivity contribution in [1.82, 2.24) is 10.2 Å². The van der Waals surface area contributed by atoms with Crippen molar-refractivity contribution < 1.29 is 9.59 Å². The number of nitrogens with one attached hydrogen (secondary N) is 1. The maximum Gasteiger partial charge on any atom is 0.226 e. The summed E-state index contributed by atoms with van der Waals surface area (Å²) >= 11 is 6.26. The van der Waals surface area contributed by atoms with Crippen molar-refractivity contribution in [2.75, 3.05) is 13.1 Å². The Morgan fingerprint density at radius 2 is 1.96 bits per heavy atom. The van der Waals surface area contributed by atoms with E-state index < -0.39 is 0 Å². The molecule has 5 heteroatoms. The number of rotatable bonds is 4. The molecule has 2 saturated carbocycles. The second-order valence-corrected chi connectivity index (χ2v) is 7.78. The molecule has 128 valence electrons. The van der Waals surface area contributed by atoms with Crippen LogP contribution in [0.15, 0.2) is 24.3 Å². The third-order valence-corrected chi connectivity index (χ3v) is 5.78. The Bertz CT molecular complexity index is 659. The average molecular weight is 347 g/mol. The zero-order chi connectivity index (χ0) is 16.7. The number of carbonyl (C=O) groups excluding carboxylic acids is 2. The van der Waals surface area contributed by atoms with E-state index in [4.69, 9.17) is 11.6 Å². The smallest absolute Gasteiger partial charge is 0.226 e. The van der Waals surface area contributed by atoms with Crippen LogP contribution in [0.1, 0.15) is 43.6 Å². The Labute approximate surface area is 147 Å². The SMILES string of the molecule is O=C(NC1CC1)[C@@H]1CCCN(C(=O)[C@@H]2C[C@@H]2c2ccccc2Cl)C1. The minimum atomic E-state index is -0.0409. The Balaban J connectivity index is 1.36. The first kappa shape index (κ1) is 15.9. The average Bonchev–Trinajstić information content (AvgIpc) is 3.50. The molecule has 3 fully saturated rings. The molecule has 0 spiro atoms. The molecular weight excluding hydrogens is 324 g/mol. The maximum atomic E-state index is 12.8. The fourth-order valence-corrected chi connectivity index (χ4v) is 4.04. The van der Waals surface area contributed by atoms with Gasteiger partial charge in [-0.2, -0.15) is 0 Å². The lowest BCUT2D eigenvalue weighted by atomic mass is 9.96. The van der Waals surface area contributed by atoms with Crippen molar-refractivity contribution >= 4 is 23.4 Å². The number of benzene rings is 1. The lowest BCUT2D eigenvalue weighted by Crippen LogP contribution is -2.46. The summed E-state index contributed by atoms with van der Waals surface area (Å²) in [5, 5.41) is 3.82. The van der Waals surface area contributed by atoms with Gasteiger partial charge in [-0.25, -0.2) is 0 Å². The van der Waals surface area contributed by atoms with Crippen LogP contribution in [0.5, 0.6) is 0 Å². The lowest BCUT2D eigenvalue weighted by molar-refractivity contribution is -0.136. The van der Waals surface area contributed by atoms with Crippen LogP contribution < -0.4 is 5.32 Å². The summed E-state index contributed by atoms with van der Waals surface area (Å²) in [6.07, 6.45) is 4.88. The molecule has 0 unspecified atom stereocenters. The topological polar surface area (TPSA) is 49.4 Å². The largest absolute Gasteiger partial charge is 0.353 e. The molecule has 1 aliphatic heterocycles. The van der Waals surface area contributed by atoms with Crippen molar-refractivity contribution in [3.63, 3.8) is 0 Å². The van der Waals surface area contributed by atoms with Crippen LogP contribution >= 0.6 is 11.6 Å². The second kappa shape index (κ2) is 6.40. The predicted molar refractivity (Wildman–Crippen MR) is 92.8 cm³/mol. The van der Waals surface area contributed by atoms with Crippen molar-refractivity contribution in [3.8, 4) is 0 Å². The normalized spacial score (nSPS) is 29.2. The molecule has 2 amide bonds. The van der Waals surface area contributed by atoms with Crippen LogP contribution in [-0.4, -0.2) is 35.8 Å². The minimum absolute atomic E-state index is 0.0372. The number of hydrogen-bond acceptors (Lipinski definition) is 2. The number of nitrogens with zero attached hydrogens (tertiary/aromatic N) is 1. The molecule has 0 bridgehead atoms. The minimum Gasteiger partial charge on any atom is -0.353 e. The van der Waals surface area contributed by atoms with Gasteiger partial charge in [0.15, 0.2) is 0 Å². The second-order valence-electron chi connectivity index (χ2n) is 7.38. The highest BCUT2D eigenvalue weighted by Crippen LogP contribution is 2.50. The quantitative estimate of drug-likeness (QED) is 0.911. The van der Waals surface area contributed by atoms with Gasteiger partial charge in [0.05, 0.1) is 5.92 Å².